The molecule has 2 unspecified atom stereocenters. The van der Waals surface area contributed by atoms with Crippen molar-refractivity contribution >= 4 is 6.29 Å². The number of carbonyl (C=O) groups is 1. The molecule has 0 aromatic heterocycles. The van der Waals surface area contributed by atoms with Crippen molar-refractivity contribution in [1.29, 1.82) is 0 Å². The topological polar surface area (TPSA) is 29.5 Å². The van der Waals surface area contributed by atoms with Crippen LogP contribution in [-0.2, 0) is 9.53 Å². The molecule has 1 heterocycles. The van der Waals surface area contributed by atoms with E-state index in [0.29, 0.717) is 12.1 Å². The highest BCUT2D eigenvalue weighted by Crippen LogP contribution is 2.39. The number of fused-ring (bicyclic) bond motifs is 1. The van der Waals surface area contributed by atoms with Crippen LogP contribution in [0.1, 0.15) is 58.3 Å². The lowest BCUT2D eigenvalue weighted by molar-refractivity contribution is -0.127. The third kappa shape index (κ3) is 2.94. The summed E-state index contributed by atoms with van der Waals surface area (Å²) in [6, 6.07) is 0.577. The summed E-state index contributed by atoms with van der Waals surface area (Å²) < 4.78 is 5.95. The van der Waals surface area contributed by atoms with E-state index >= 15 is 0 Å². The van der Waals surface area contributed by atoms with Crippen LogP contribution in [0.15, 0.2) is 0 Å². The molecule has 0 aromatic rings. The Hall–Kier alpha value is -0.410. The lowest BCUT2D eigenvalue weighted by Gasteiger charge is -2.47. The van der Waals surface area contributed by atoms with Crippen LogP contribution in [0, 0.1) is 11.3 Å². The number of hydrogen-bond acceptors (Lipinski definition) is 3. The molecule has 3 nitrogen and oxygen atoms in total. The number of hydrogen-bond donors (Lipinski definition) is 0. The molecule has 20 heavy (non-hydrogen) atoms. The zero-order valence-corrected chi connectivity index (χ0v) is 12.9. The van der Waals surface area contributed by atoms with Gasteiger partial charge >= 0.3 is 0 Å². The molecule has 0 radical (unpaired) electrons. The van der Waals surface area contributed by atoms with E-state index < -0.39 is 0 Å². The molecule has 3 aliphatic rings. The van der Waals surface area contributed by atoms with Gasteiger partial charge in [-0.25, -0.2) is 0 Å². The maximum Gasteiger partial charge on any atom is 0.127 e. The van der Waals surface area contributed by atoms with Crippen LogP contribution in [0.3, 0.4) is 0 Å². The smallest absolute Gasteiger partial charge is 0.127 e. The molecule has 0 amide bonds. The maximum atomic E-state index is 11.8. The van der Waals surface area contributed by atoms with Gasteiger partial charge in [0, 0.05) is 24.5 Å². The fraction of sp³-hybridized carbons (Fsp3) is 0.941. The zero-order chi connectivity index (χ0) is 14.0. The standard InChI is InChI=1S/C17H29NO2/c1-14-6-8-17(13-19,9-7-14)12-18-10-11-20-16-5-3-2-4-15(16)18/h13-16H,2-12H2,1H3. The Kier molecular flexibility index (Phi) is 4.46. The van der Waals surface area contributed by atoms with Crippen molar-refractivity contribution < 1.29 is 9.53 Å². The number of morpholine rings is 1. The fourth-order valence-corrected chi connectivity index (χ4v) is 4.43. The molecule has 0 spiro atoms. The predicted molar refractivity (Wildman–Crippen MR) is 79.7 cm³/mol. The largest absolute Gasteiger partial charge is 0.375 e. The Balaban J connectivity index is 1.66. The van der Waals surface area contributed by atoms with Gasteiger partial charge in [0.2, 0.25) is 0 Å². The minimum Gasteiger partial charge on any atom is -0.375 e. The molecule has 0 N–H and O–H groups in total. The highest BCUT2D eigenvalue weighted by atomic mass is 16.5. The van der Waals surface area contributed by atoms with E-state index in [-0.39, 0.29) is 5.41 Å². The van der Waals surface area contributed by atoms with Crippen molar-refractivity contribution in [3.8, 4) is 0 Å². The van der Waals surface area contributed by atoms with Crippen LogP contribution in [0.25, 0.3) is 0 Å². The summed E-state index contributed by atoms with van der Waals surface area (Å²) in [5, 5.41) is 0. The highest BCUT2D eigenvalue weighted by molar-refractivity contribution is 5.60. The lowest BCUT2D eigenvalue weighted by atomic mass is 9.71. The molecule has 2 aliphatic carbocycles. The number of aldehydes is 1. The van der Waals surface area contributed by atoms with Gasteiger partial charge in [-0.1, -0.05) is 19.8 Å². The minimum atomic E-state index is -0.0636. The number of carbonyl (C=O) groups excluding carboxylic acids is 1. The Bertz CT molecular complexity index is 334. The number of ether oxygens (including phenoxy) is 1. The summed E-state index contributed by atoms with van der Waals surface area (Å²) in [7, 11) is 0. The second-order valence-corrected chi connectivity index (χ2v) is 7.39. The quantitative estimate of drug-likeness (QED) is 0.744. The second-order valence-electron chi connectivity index (χ2n) is 7.39. The zero-order valence-electron chi connectivity index (χ0n) is 12.9. The van der Waals surface area contributed by atoms with Gasteiger partial charge in [-0.2, -0.15) is 0 Å². The second kappa shape index (κ2) is 6.15. The van der Waals surface area contributed by atoms with Gasteiger partial charge in [0.15, 0.2) is 0 Å². The van der Waals surface area contributed by atoms with Crippen molar-refractivity contribution in [1.82, 2.24) is 4.90 Å². The van der Waals surface area contributed by atoms with Crippen LogP contribution >= 0.6 is 0 Å². The number of nitrogens with zero attached hydrogens (tertiary/aromatic N) is 1. The van der Waals surface area contributed by atoms with Gasteiger partial charge in [0.1, 0.15) is 6.29 Å². The van der Waals surface area contributed by atoms with Crippen LogP contribution in [0.2, 0.25) is 0 Å². The molecular weight excluding hydrogens is 250 g/mol. The van der Waals surface area contributed by atoms with E-state index in [1.165, 1.54) is 44.8 Å². The van der Waals surface area contributed by atoms with Crippen molar-refractivity contribution in [2.45, 2.75) is 70.4 Å². The molecule has 1 saturated heterocycles. The van der Waals surface area contributed by atoms with Gasteiger partial charge in [0.25, 0.3) is 0 Å². The van der Waals surface area contributed by atoms with Gasteiger partial charge < -0.3 is 9.53 Å². The summed E-state index contributed by atoms with van der Waals surface area (Å²) in [6.45, 7) is 5.17. The molecule has 2 saturated carbocycles. The molecule has 2 atom stereocenters. The van der Waals surface area contributed by atoms with Gasteiger partial charge in [0.05, 0.1) is 12.7 Å². The first-order valence-electron chi connectivity index (χ1n) is 8.54. The Morgan fingerprint density at radius 3 is 2.70 bits per heavy atom. The molecule has 1 aliphatic heterocycles. The summed E-state index contributed by atoms with van der Waals surface area (Å²) >= 11 is 0. The van der Waals surface area contributed by atoms with Gasteiger partial charge in [-0.05, 0) is 44.4 Å². The minimum absolute atomic E-state index is 0.0636. The third-order valence-electron chi connectivity index (χ3n) is 5.89. The maximum absolute atomic E-state index is 11.8. The number of rotatable bonds is 3. The van der Waals surface area contributed by atoms with E-state index in [0.717, 1.165) is 38.5 Å². The van der Waals surface area contributed by atoms with E-state index in [4.69, 9.17) is 4.74 Å². The van der Waals surface area contributed by atoms with Crippen LogP contribution in [0.4, 0.5) is 0 Å². The summed E-state index contributed by atoms with van der Waals surface area (Å²) in [5.74, 6) is 0.801. The highest BCUT2D eigenvalue weighted by Gasteiger charge is 2.41. The normalized spacial score (nSPS) is 43.0. The average molecular weight is 279 g/mol. The summed E-state index contributed by atoms with van der Waals surface area (Å²) in [5.41, 5.74) is -0.0636. The van der Waals surface area contributed by atoms with Crippen molar-refractivity contribution in [3.05, 3.63) is 0 Å². The van der Waals surface area contributed by atoms with E-state index in [9.17, 15) is 4.79 Å². The third-order valence-corrected chi connectivity index (χ3v) is 5.89. The molecule has 114 valence electrons. The molecule has 3 fully saturated rings. The van der Waals surface area contributed by atoms with Crippen molar-refractivity contribution in [2.24, 2.45) is 11.3 Å². The van der Waals surface area contributed by atoms with Crippen LogP contribution in [0.5, 0.6) is 0 Å². The first-order chi connectivity index (χ1) is 9.72. The Morgan fingerprint density at radius 2 is 1.95 bits per heavy atom. The van der Waals surface area contributed by atoms with Crippen molar-refractivity contribution in [2.75, 3.05) is 19.7 Å². The van der Waals surface area contributed by atoms with Crippen LogP contribution < -0.4 is 0 Å². The molecular formula is C17H29NO2. The van der Waals surface area contributed by atoms with Crippen molar-refractivity contribution in [3.63, 3.8) is 0 Å². The summed E-state index contributed by atoms with van der Waals surface area (Å²) in [6.07, 6.45) is 11.4. The Labute approximate surface area is 123 Å². The first kappa shape index (κ1) is 14.5. The first-order valence-corrected chi connectivity index (χ1v) is 8.54. The molecule has 3 heteroatoms. The van der Waals surface area contributed by atoms with E-state index in [1.807, 2.05) is 0 Å². The van der Waals surface area contributed by atoms with Crippen LogP contribution in [-0.4, -0.2) is 43.0 Å². The van der Waals surface area contributed by atoms with E-state index in [1.54, 1.807) is 0 Å². The molecule has 0 aromatic carbocycles. The monoisotopic (exact) mass is 279 g/mol. The fourth-order valence-electron chi connectivity index (χ4n) is 4.43. The Morgan fingerprint density at radius 1 is 1.20 bits per heavy atom. The predicted octanol–water partition coefficient (Wildman–Crippen LogP) is 3.03. The molecule has 0 bridgehead atoms. The van der Waals surface area contributed by atoms with Gasteiger partial charge in [-0.15, -0.1) is 0 Å². The lowest BCUT2D eigenvalue weighted by Crippen LogP contribution is -2.56. The van der Waals surface area contributed by atoms with E-state index in [2.05, 4.69) is 11.8 Å². The van der Waals surface area contributed by atoms with Gasteiger partial charge in [-0.3, -0.25) is 4.90 Å². The summed E-state index contributed by atoms with van der Waals surface area (Å²) in [4.78, 5) is 14.4. The SMILES string of the molecule is CC1CCC(C=O)(CN2CCOC3CCCCC32)CC1. The average Bonchev–Trinajstić information content (AvgIpc) is 2.50. The molecule has 3 rings (SSSR count).